The summed E-state index contributed by atoms with van der Waals surface area (Å²) in [5, 5.41) is 2.89. The number of nitrogens with zero attached hydrogens (tertiary/aromatic N) is 2. The quantitative estimate of drug-likeness (QED) is 0.252. The van der Waals surface area contributed by atoms with Crippen LogP contribution in [0.4, 0.5) is 10.1 Å². The molecule has 3 aromatic carbocycles. The van der Waals surface area contributed by atoms with Crippen molar-refractivity contribution < 1.29 is 27.1 Å². The van der Waals surface area contributed by atoms with E-state index in [1.807, 2.05) is 20.8 Å². The lowest BCUT2D eigenvalue weighted by atomic mass is 10.1. The average Bonchev–Trinajstić information content (AvgIpc) is 2.97. The van der Waals surface area contributed by atoms with Crippen LogP contribution in [0.15, 0.2) is 71.6 Å². The van der Waals surface area contributed by atoms with Crippen molar-refractivity contribution in [2.24, 2.45) is 0 Å². The molecule has 42 heavy (non-hydrogen) atoms. The van der Waals surface area contributed by atoms with E-state index in [0.717, 1.165) is 28.3 Å². The van der Waals surface area contributed by atoms with Gasteiger partial charge in [-0.1, -0.05) is 56.2 Å². The van der Waals surface area contributed by atoms with E-state index in [2.05, 4.69) is 5.32 Å². The van der Waals surface area contributed by atoms with E-state index < -0.39 is 34.3 Å². The number of rotatable bonds is 14. The van der Waals surface area contributed by atoms with Crippen LogP contribution in [0.1, 0.15) is 49.8 Å². The van der Waals surface area contributed by atoms with Crippen molar-refractivity contribution in [1.29, 1.82) is 0 Å². The SMILES string of the molecule is CCCCNC(=O)[C@@H](CC)N(Cc1ccc(F)cc1)C(=O)CN(c1cc(C)ccc1OC)S(=O)(=O)c1ccc(C)cc1. The Morgan fingerprint density at radius 3 is 2.19 bits per heavy atom. The molecule has 0 heterocycles. The molecule has 226 valence electrons. The Hall–Kier alpha value is -3.92. The lowest BCUT2D eigenvalue weighted by molar-refractivity contribution is -0.140. The van der Waals surface area contributed by atoms with E-state index in [4.69, 9.17) is 4.74 Å². The highest BCUT2D eigenvalue weighted by Gasteiger charge is 2.34. The first-order chi connectivity index (χ1) is 20.0. The number of aryl methyl sites for hydroxylation is 2. The standard InChI is InChI=1S/C32H40FN3O5S/c1-6-8-19-34-32(38)28(7-2)35(21-25-12-14-26(33)15-13-25)31(37)22-36(29-20-24(4)11-18-30(29)41-5)42(39,40)27-16-9-23(3)10-17-27/h9-18,20,28H,6-8,19,21-22H2,1-5H3,(H,34,38)/t28-/m1/s1. The molecular weight excluding hydrogens is 557 g/mol. The van der Waals surface area contributed by atoms with E-state index in [-0.39, 0.29) is 28.8 Å². The van der Waals surface area contributed by atoms with Crippen LogP contribution in [0.25, 0.3) is 0 Å². The number of hydrogen-bond acceptors (Lipinski definition) is 5. The molecule has 0 aromatic heterocycles. The Bertz CT molecular complexity index is 1460. The molecule has 0 unspecified atom stereocenters. The second kappa shape index (κ2) is 14.8. The van der Waals surface area contributed by atoms with Crippen molar-refractivity contribution in [3.63, 3.8) is 0 Å². The number of amides is 2. The number of methoxy groups -OCH3 is 1. The van der Waals surface area contributed by atoms with Crippen molar-refractivity contribution in [2.45, 2.75) is 64.4 Å². The summed E-state index contributed by atoms with van der Waals surface area (Å²) in [6, 6.07) is 16.2. The van der Waals surface area contributed by atoms with Gasteiger partial charge in [-0.3, -0.25) is 13.9 Å². The summed E-state index contributed by atoms with van der Waals surface area (Å²) in [6.07, 6.45) is 1.96. The number of hydrogen-bond donors (Lipinski definition) is 1. The number of unbranched alkanes of at least 4 members (excludes halogenated alkanes) is 1. The zero-order chi connectivity index (χ0) is 30.9. The van der Waals surface area contributed by atoms with Crippen LogP contribution in [0, 0.1) is 19.7 Å². The predicted octanol–water partition coefficient (Wildman–Crippen LogP) is 5.37. The number of ether oxygens (including phenoxy) is 1. The maximum Gasteiger partial charge on any atom is 0.264 e. The first-order valence-electron chi connectivity index (χ1n) is 14.1. The van der Waals surface area contributed by atoms with Gasteiger partial charge in [0.15, 0.2) is 0 Å². The lowest BCUT2D eigenvalue weighted by Gasteiger charge is -2.33. The summed E-state index contributed by atoms with van der Waals surface area (Å²) in [6.45, 7) is 7.33. The summed E-state index contributed by atoms with van der Waals surface area (Å²) < 4.78 is 48.4. The van der Waals surface area contributed by atoms with Gasteiger partial charge in [-0.15, -0.1) is 0 Å². The van der Waals surface area contributed by atoms with E-state index in [0.29, 0.717) is 18.5 Å². The third-order valence-corrected chi connectivity index (χ3v) is 8.75. The van der Waals surface area contributed by atoms with E-state index in [9.17, 15) is 22.4 Å². The number of anilines is 1. The number of nitrogens with one attached hydrogen (secondary N) is 1. The van der Waals surface area contributed by atoms with Gasteiger partial charge in [0.25, 0.3) is 10.0 Å². The first-order valence-corrected chi connectivity index (χ1v) is 15.5. The smallest absolute Gasteiger partial charge is 0.264 e. The predicted molar refractivity (Wildman–Crippen MR) is 162 cm³/mol. The maximum atomic E-state index is 14.2. The molecule has 1 atom stereocenters. The molecular formula is C32H40FN3O5S. The zero-order valence-corrected chi connectivity index (χ0v) is 25.7. The maximum absolute atomic E-state index is 14.2. The molecule has 0 aliphatic heterocycles. The molecule has 0 radical (unpaired) electrons. The van der Waals surface area contributed by atoms with Gasteiger partial charge >= 0.3 is 0 Å². The Morgan fingerprint density at radius 2 is 1.60 bits per heavy atom. The number of halogens is 1. The van der Waals surface area contributed by atoms with Crippen LogP contribution >= 0.6 is 0 Å². The Balaban J connectivity index is 2.10. The van der Waals surface area contributed by atoms with Gasteiger partial charge in [-0.2, -0.15) is 0 Å². The Labute approximate surface area is 248 Å². The van der Waals surface area contributed by atoms with E-state index >= 15 is 0 Å². The number of sulfonamides is 1. The van der Waals surface area contributed by atoms with Gasteiger partial charge in [-0.05, 0) is 74.2 Å². The highest BCUT2D eigenvalue weighted by Crippen LogP contribution is 2.34. The topological polar surface area (TPSA) is 96.0 Å². The largest absolute Gasteiger partial charge is 0.495 e. The Kier molecular flexibility index (Phi) is 11.5. The number of carbonyl (C=O) groups is 2. The van der Waals surface area contributed by atoms with Crippen LogP contribution in [0.2, 0.25) is 0 Å². The molecule has 1 N–H and O–H groups in total. The molecule has 0 saturated heterocycles. The zero-order valence-electron chi connectivity index (χ0n) is 24.9. The van der Waals surface area contributed by atoms with Crippen molar-refractivity contribution in [3.05, 3.63) is 89.2 Å². The third kappa shape index (κ3) is 8.09. The van der Waals surface area contributed by atoms with Crippen molar-refractivity contribution >= 4 is 27.5 Å². The van der Waals surface area contributed by atoms with Gasteiger partial charge < -0.3 is 15.0 Å². The molecule has 10 heteroatoms. The summed E-state index contributed by atoms with van der Waals surface area (Å²) >= 11 is 0. The van der Waals surface area contributed by atoms with E-state index in [1.54, 1.807) is 49.4 Å². The molecule has 3 rings (SSSR count). The third-order valence-electron chi connectivity index (χ3n) is 6.97. The minimum absolute atomic E-state index is 0.0117. The van der Waals surface area contributed by atoms with Crippen molar-refractivity contribution in [1.82, 2.24) is 10.2 Å². The second-order valence-corrected chi connectivity index (χ2v) is 12.1. The second-order valence-electron chi connectivity index (χ2n) is 10.2. The molecule has 0 spiro atoms. The lowest BCUT2D eigenvalue weighted by Crippen LogP contribution is -2.52. The minimum atomic E-state index is -4.24. The Morgan fingerprint density at radius 1 is 0.952 bits per heavy atom. The monoisotopic (exact) mass is 597 g/mol. The molecule has 0 fully saturated rings. The summed E-state index contributed by atoms with van der Waals surface area (Å²) in [5.74, 6) is -1.07. The van der Waals surface area contributed by atoms with Crippen LogP contribution in [0.3, 0.4) is 0 Å². The van der Waals surface area contributed by atoms with Gasteiger partial charge in [-0.25, -0.2) is 12.8 Å². The van der Waals surface area contributed by atoms with Gasteiger partial charge in [0, 0.05) is 13.1 Å². The summed E-state index contributed by atoms with van der Waals surface area (Å²) in [4.78, 5) is 28.8. The summed E-state index contributed by atoms with van der Waals surface area (Å²) in [7, 11) is -2.81. The van der Waals surface area contributed by atoms with Crippen molar-refractivity contribution in [3.8, 4) is 5.75 Å². The summed E-state index contributed by atoms with van der Waals surface area (Å²) in [5.41, 5.74) is 2.46. The number of benzene rings is 3. The van der Waals surface area contributed by atoms with Crippen LogP contribution in [0.5, 0.6) is 5.75 Å². The van der Waals surface area contributed by atoms with Crippen LogP contribution in [-0.2, 0) is 26.2 Å². The van der Waals surface area contributed by atoms with Crippen LogP contribution in [-0.4, -0.2) is 51.4 Å². The van der Waals surface area contributed by atoms with Crippen molar-refractivity contribution in [2.75, 3.05) is 24.5 Å². The molecule has 0 aliphatic rings. The molecule has 2 amide bonds. The molecule has 0 bridgehead atoms. The van der Waals surface area contributed by atoms with Gasteiger partial charge in [0.1, 0.15) is 24.2 Å². The fourth-order valence-electron chi connectivity index (χ4n) is 4.56. The molecule has 0 aliphatic carbocycles. The molecule has 0 saturated carbocycles. The van der Waals surface area contributed by atoms with Crippen LogP contribution < -0.4 is 14.4 Å². The first kappa shape index (κ1) is 32.6. The fraction of sp³-hybridized carbons (Fsp3) is 0.375. The normalized spacial score (nSPS) is 12.0. The van der Waals surface area contributed by atoms with E-state index in [1.165, 1.54) is 36.3 Å². The van der Waals surface area contributed by atoms with Gasteiger partial charge in [0.05, 0.1) is 17.7 Å². The van der Waals surface area contributed by atoms with Gasteiger partial charge in [0.2, 0.25) is 11.8 Å². The highest BCUT2D eigenvalue weighted by molar-refractivity contribution is 7.92. The number of carbonyl (C=O) groups excluding carboxylic acids is 2. The average molecular weight is 598 g/mol. The minimum Gasteiger partial charge on any atom is -0.495 e. The molecule has 8 nitrogen and oxygen atoms in total. The highest BCUT2D eigenvalue weighted by atomic mass is 32.2. The molecule has 3 aromatic rings. The fourth-order valence-corrected chi connectivity index (χ4v) is 5.97.